The van der Waals surface area contributed by atoms with Crippen LogP contribution in [0.25, 0.3) is 0 Å². The molecule has 0 spiro atoms. The number of hydrogen-bond donors (Lipinski definition) is 3. The number of carbonyl (C=O) groups excluding carboxylic acids is 3. The molecule has 2 fully saturated rings. The van der Waals surface area contributed by atoms with E-state index in [0.29, 0.717) is 31.0 Å². The molecule has 7 heteroatoms. The van der Waals surface area contributed by atoms with Crippen molar-refractivity contribution in [3.05, 3.63) is 29.8 Å². The predicted molar refractivity (Wildman–Crippen MR) is 98.8 cm³/mol. The Morgan fingerprint density at radius 2 is 1.96 bits per heavy atom. The van der Waals surface area contributed by atoms with E-state index in [2.05, 4.69) is 29.8 Å². The summed E-state index contributed by atoms with van der Waals surface area (Å²) in [5, 5.41) is 8.43. The van der Waals surface area contributed by atoms with Crippen molar-refractivity contribution in [2.45, 2.75) is 57.7 Å². The maximum absolute atomic E-state index is 12.4. The second-order valence-electron chi connectivity index (χ2n) is 7.28. The molecule has 7 nitrogen and oxygen atoms in total. The Bertz CT molecular complexity index is 701. The summed E-state index contributed by atoms with van der Waals surface area (Å²) in [6, 6.07) is 6.22. The molecule has 26 heavy (non-hydrogen) atoms. The Kier molecular flexibility index (Phi) is 5.15. The minimum atomic E-state index is -0.485. The lowest BCUT2D eigenvalue weighted by Crippen LogP contribution is -2.60. The van der Waals surface area contributed by atoms with Crippen molar-refractivity contribution in [1.29, 1.82) is 0 Å². The Balaban J connectivity index is 1.57. The molecule has 1 aromatic carbocycles. The van der Waals surface area contributed by atoms with Crippen LogP contribution >= 0.6 is 0 Å². The predicted octanol–water partition coefficient (Wildman–Crippen LogP) is 1.81. The molecule has 2 aliphatic rings. The Labute approximate surface area is 153 Å². The summed E-state index contributed by atoms with van der Waals surface area (Å²) >= 11 is 0. The first-order chi connectivity index (χ1) is 12.4. The third-order valence-corrected chi connectivity index (χ3v) is 5.08. The van der Waals surface area contributed by atoms with Crippen LogP contribution in [0.4, 0.5) is 10.5 Å². The summed E-state index contributed by atoms with van der Waals surface area (Å²) in [6.07, 6.45) is 1.01. The zero-order chi connectivity index (χ0) is 18.8. The zero-order valence-electron chi connectivity index (χ0n) is 15.4. The van der Waals surface area contributed by atoms with Gasteiger partial charge in [0.25, 0.3) is 0 Å². The van der Waals surface area contributed by atoms with E-state index < -0.39 is 12.1 Å². The lowest BCUT2D eigenvalue weighted by Gasteiger charge is -2.33. The van der Waals surface area contributed by atoms with Crippen molar-refractivity contribution in [1.82, 2.24) is 15.5 Å². The summed E-state index contributed by atoms with van der Waals surface area (Å²) in [5.41, 5.74) is 1.92. The molecule has 2 heterocycles. The highest BCUT2D eigenvalue weighted by molar-refractivity contribution is 5.97. The maximum Gasteiger partial charge on any atom is 0.319 e. The standard InChI is InChI=1S/C19H26N4O3/c1-4-15-18(25)23-10-14(9-16(23)17(24)22-15)21-19(26)20-13-7-5-12(6-8-13)11(2)3/h5-8,11,14-16H,4,9-10H2,1-3H3,(H,22,24)(H2,20,21,26)/t14-,15-,16-/m0/s1. The second kappa shape index (κ2) is 7.35. The lowest BCUT2D eigenvalue weighted by molar-refractivity contribution is -0.147. The normalized spacial score (nSPS) is 25.1. The van der Waals surface area contributed by atoms with Gasteiger partial charge in [0.2, 0.25) is 11.8 Å². The van der Waals surface area contributed by atoms with Crippen LogP contribution in [0.2, 0.25) is 0 Å². The van der Waals surface area contributed by atoms with Gasteiger partial charge in [0.05, 0.1) is 6.04 Å². The van der Waals surface area contributed by atoms with E-state index in [0.717, 1.165) is 0 Å². The van der Waals surface area contributed by atoms with Gasteiger partial charge in [0, 0.05) is 12.2 Å². The van der Waals surface area contributed by atoms with E-state index in [1.807, 2.05) is 31.2 Å². The van der Waals surface area contributed by atoms with Crippen molar-refractivity contribution < 1.29 is 14.4 Å². The van der Waals surface area contributed by atoms with Gasteiger partial charge in [-0.05, 0) is 36.5 Å². The van der Waals surface area contributed by atoms with Crippen molar-refractivity contribution in [3.63, 3.8) is 0 Å². The third kappa shape index (κ3) is 3.66. The highest BCUT2D eigenvalue weighted by atomic mass is 16.2. The molecular weight excluding hydrogens is 332 g/mol. The summed E-state index contributed by atoms with van der Waals surface area (Å²) in [7, 11) is 0. The van der Waals surface area contributed by atoms with E-state index >= 15 is 0 Å². The Morgan fingerprint density at radius 3 is 2.58 bits per heavy atom. The third-order valence-electron chi connectivity index (χ3n) is 5.08. The highest BCUT2D eigenvalue weighted by Gasteiger charge is 2.46. The van der Waals surface area contributed by atoms with Crippen LogP contribution < -0.4 is 16.0 Å². The van der Waals surface area contributed by atoms with Gasteiger partial charge < -0.3 is 20.9 Å². The molecule has 140 valence electrons. The molecule has 0 aromatic heterocycles. The van der Waals surface area contributed by atoms with Crippen molar-refractivity contribution >= 4 is 23.5 Å². The number of carbonyl (C=O) groups is 3. The van der Waals surface area contributed by atoms with Gasteiger partial charge in [-0.15, -0.1) is 0 Å². The number of urea groups is 1. The van der Waals surface area contributed by atoms with Crippen LogP contribution in [-0.4, -0.2) is 47.4 Å². The van der Waals surface area contributed by atoms with E-state index in [1.54, 1.807) is 4.90 Å². The van der Waals surface area contributed by atoms with Gasteiger partial charge in [-0.25, -0.2) is 4.79 Å². The fourth-order valence-electron chi connectivity index (χ4n) is 3.54. The van der Waals surface area contributed by atoms with Gasteiger partial charge >= 0.3 is 6.03 Å². The van der Waals surface area contributed by atoms with E-state index in [9.17, 15) is 14.4 Å². The largest absolute Gasteiger partial charge is 0.343 e. The van der Waals surface area contributed by atoms with Crippen LogP contribution in [0, 0.1) is 0 Å². The molecule has 3 N–H and O–H groups in total. The van der Waals surface area contributed by atoms with Crippen LogP contribution in [0.15, 0.2) is 24.3 Å². The zero-order valence-corrected chi connectivity index (χ0v) is 15.4. The first-order valence-electron chi connectivity index (χ1n) is 9.17. The maximum atomic E-state index is 12.4. The quantitative estimate of drug-likeness (QED) is 0.767. The summed E-state index contributed by atoms with van der Waals surface area (Å²) in [6.45, 7) is 6.47. The number of hydrogen-bond acceptors (Lipinski definition) is 3. The number of piperazine rings is 1. The number of benzene rings is 1. The molecule has 1 aromatic rings. The lowest BCUT2D eigenvalue weighted by atomic mass is 10.0. The SMILES string of the molecule is CC[C@@H]1NC(=O)[C@@H]2C[C@H](NC(=O)Nc3ccc(C(C)C)cc3)CN2C1=O. The van der Waals surface area contributed by atoms with Crippen LogP contribution in [0.5, 0.6) is 0 Å². The number of amides is 4. The highest BCUT2D eigenvalue weighted by Crippen LogP contribution is 2.23. The van der Waals surface area contributed by atoms with Gasteiger partial charge in [-0.3, -0.25) is 9.59 Å². The molecule has 0 radical (unpaired) electrons. The monoisotopic (exact) mass is 358 g/mol. The molecule has 2 saturated heterocycles. The molecule has 4 amide bonds. The van der Waals surface area contributed by atoms with Crippen molar-refractivity contribution in [2.75, 3.05) is 11.9 Å². The van der Waals surface area contributed by atoms with Gasteiger partial charge in [-0.2, -0.15) is 0 Å². The first-order valence-corrected chi connectivity index (χ1v) is 9.17. The molecule has 0 unspecified atom stereocenters. The smallest absolute Gasteiger partial charge is 0.319 e. The minimum Gasteiger partial charge on any atom is -0.343 e. The fraction of sp³-hybridized carbons (Fsp3) is 0.526. The molecule has 2 aliphatic heterocycles. The van der Waals surface area contributed by atoms with Crippen LogP contribution in [0.3, 0.4) is 0 Å². The Hall–Kier alpha value is -2.57. The number of anilines is 1. The van der Waals surface area contributed by atoms with Crippen molar-refractivity contribution in [2.24, 2.45) is 0 Å². The molecule has 3 rings (SSSR count). The topological polar surface area (TPSA) is 90.5 Å². The molecule has 0 bridgehead atoms. The summed E-state index contributed by atoms with van der Waals surface area (Å²) in [5.74, 6) is 0.237. The number of nitrogens with one attached hydrogen (secondary N) is 3. The average Bonchev–Trinajstić information content (AvgIpc) is 3.03. The van der Waals surface area contributed by atoms with E-state index in [1.165, 1.54) is 5.56 Å². The number of rotatable bonds is 4. The number of nitrogens with zero attached hydrogens (tertiary/aromatic N) is 1. The van der Waals surface area contributed by atoms with Crippen molar-refractivity contribution in [3.8, 4) is 0 Å². The van der Waals surface area contributed by atoms with Crippen LogP contribution in [-0.2, 0) is 9.59 Å². The summed E-state index contributed by atoms with van der Waals surface area (Å²) in [4.78, 5) is 38.4. The minimum absolute atomic E-state index is 0.0638. The number of fused-ring (bicyclic) bond motifs is 1. The molecule has 0 saturated carbocycles. The van der Waals surface area contributed by atoms with Gasteiger partial charge in [-0.1, -0.05) is 32.9 Å². The van der Waals surface area contributed by atoms with Gasteiger partial charge in [0.15, 0.2) is 0 Å². The molecule has 3 atom stereocenters. The van der Waals surface area contributed by atoms with E-state index in [-0.39, 0.29) is 23.9 Å². The first kappa shape index (κ1) is 18.2. The average molecular weight is 358 g/mol. The molecule has 0 aliphatic carbocycles. The van der Waals surface area contributed by atoms with Crippen LogP contribution in [0.1, 0.15) is 45.1 Å². The summed E-state index contributed by atoms with van der Waals surface area (Å²) < 4.78 is 0. The Morgan fingerprint density at radius 1 is 1.27 bits per heavy atom. The second-order valence-corrected chi connectivity index (χ2v) is 7.28. The van der Waals surface area contributed by atoms with Gasteiger partial charge in [0.1, 0.15) is 12.1 Å². The fourth-order valence-corrected chi connectivity index (χ4v) is 3.54. The molecular formula is C19H26N4O3. The van der Waals surface area contributed by atoms with E-state index in [4.69, 9.17) is 0 Å².